The maximum atomic E-state index is 12.0. The average molecular weight is 274 g/mol. The highest BCUT2D eigenvalue weighted by Gasteiger charge is 2.22. The number of anilines is 1. The summed E-state index contributed by atoms with van der Waals surface area (Å²) in [6.07, 6.45) is 9.04. The maximum absolute atomic E-state index is 12.0. The summed E-state index contributed by atoms with van der Waals surface area (Å²) in [4.78, 5) is 18.4. The van der Waals surface area contributed by atoms with Crippen molar-refractivity contribution >= 4 is 5.82 Å². The number of hydrogen-bond donors (Lipinski definition) is 0. The van der Waals surface area contributed by atoms with Crippen LogP contribution in [0.15, 0.2) is 29.6 Å². The number of aromatic nitrogens is 5. The van der Waals surface area contributed by atoms with Crippen LogP contribution in [0.5, 0.6) is 0 Å². The van der Waals surface area contributed by atoms with Crippen LogP contribution in [0.1, 0.15) is 12.8 Å². The van der Waals surface area contributed by atoms with E-state index in [4.69, 9.17) is 0 Å². The van der Waals surface area contributed by atoms with Gasteiger partial charge in [-0.3, -0.25) is 9.48 Å². The minimum atomic E-state index is -0.0257. The molecule has 1 aliphatic rings. The van der Waals surface area contributed by atoms with Crippen LogP contribution in [0.4, 0.5) is 5.82 Å². The Bertz CT molecular complexity index is 612. The number of rotatable bonds is 3. The molecule has 2 aromatic rings. The van der Waals surface area contributed by atoms with Gasteiger partial charge in [0.05, 0.1) is 6.20 Å². The van der Waals surface area contributed by atoms with Gasteiger partial charge in [0.25, 0.3) is 5.56 Å². The average Bonchev–Trinajstić information content (AvgIpc) is 2.96. The minimum Gasteiger partial charge on any atom is -0.352 e. The lowest BCUT2D eigenvalue weighted by molar-refractivity contribution is 0.337. The van der Waals surface area contributed by atoms with Crippen molar-refractivity contribution in [3.8, 4) is 0 Å². The number of nitrogens with zero attached hydrogens (tertiary/aromatic N) is 6. The molecular weight excluding hydrogens is 256 g/mol. The topological polar surface area (TPSA) is 68.8 Å². The van der Waals surface area contributed by atoms with E-state index in [1.807, 2.05) is 10.9 Å². The molecule has 0 bridgehead atoms. The minimum absolute atomic E-state index is 0.0257. The van der Waals surface area contributed by atoms with Crippen LogP contribution < -0.4 is 10.5 Å². The molecule has 3 heterocycles. The van der Waals surface area contributed by atoms with E-state index in [0.717, 1.165) is 32.5 Å². The summed E-state index contributed by atoms with van der Waals surface area (Å²) in [6.45, 7) is 2.63. The van der Waals surface area contributed by atoms with E-state index in [9.17, 15) is 4.79 Å². The fourth-order valence-corrected chi connectivity index (χ4v) is 2.62. The van der Waals surface area contributed by atoms with Crippen molar-refractivity contribution < 1.29 is 0 Å². The number of hydrogen-bond acceptors (Lipinski definition) is 5. The second-order valence-corrected chi connectivity index (χ2v) is 5.22. The molecule has 1 fully saturated rings. The summed E-state index contributed by atoms with van der Waals surface area (Å²) in [5.74, 6) is 1.15. The molecule has 0 saturated carbocycles. The van der Waals surface area contributed by atoms with Crippen LogP contribution >= 0.6 is 0 Å². The fraction of sp³-hybridized carbons (Fsp3) is 0.538. The maximum Gasteiger partial charge on any atom is 0.293 e. The van der Waals surface area contributed by atoms with Crippen LogP contribution in [0, 0.1) is 5.92 Å². The fourth-order valence-electron chi connectivity index (χ4n) is 2.62. The Morgan fingerprint density at radius 3 is 2.75 bits per heavy atom. The van der Waals surface area contributed by atoms with E-state index in [1.165, 1.54) is 0 Å². The normalized spacial score (nSPS) is 16.6. The molecule has 2 aromatic heterocycles. The molecule has 1 aliphatic heterocycles. The summed E-state index contributed by atoms with van der Waals surface area (Å²) >= 11 is 0. The van der Waals surface area contributed by atoms with Gasteiger partial charge in [-0.15, -0.1) is 5.10 Å². The van der Waals surface area contributed by atoms with Crippen molar-refractivity contribution in [2.75, 3.05) is 18.0 Å². The predicted octanol–water partition coefficient (Wildman–Crippen LogP) is 0.288. The third-order valence-electron chi connectivity index (χ3n) is 3.83. The van der Waals surface area contributed by atoms with Crippen molar-refractivity contribution in [1.82, 2.24) is 24.5 Å². The second kappa shape index (κ2) is 5.44. The zero-order valence-corrected chi connectivity index (χ0v) is 11.5. The lowest BCUT2D eigenvalue weighted by Crippen LogP contribution is -2.39. The van der Waals surface area contributed by atoms with Gasteiger partial charge in [0.1, 0.15) is 0 Å². The Morgan fingerprint density at radius 1 is 1.25 bits per heavy atom. The van der Waals surface area contributed by atoms with Gasteiger partial charge in [-0.05, 0) is 18.8 Å². The van der Waals surface area contributed by atoms with Gasteiger partial charge in [-0.25, -0.2) is 4.98 Å². The molecule has 20 heavy (non-hydrogen) atoms. The molecule has 0 atom stereocenters. The standard InChI is InChI=1S/C13H18N6O/c1-17-8-4-14-12(13(17)20)18-6-2-11(3-7-18)10-19-9-5-15-16-19/h4-5,8-9,11H,2-3,6-7,10H2,1H3. The van der Waals surface area contributed by atoms with Gasteiger partial charge in [0.2, 0.25) is 0 Å². The molecule has 7 heteroatoms. The number of aryl methyl sites for hydroxylation is 1. The van der Waals surface area contributed by atoms with Gasteiger partial charge in [-0.1, -0.05) is 5.21 Å². The first-order valence-electron chi connectivity index (χ1n) is 6.85. The van der Waals surface area contributed by atoms with E-state index in [2.05, 4.69) is 20.2 Å². The molecule has 0 aromatic carbocycles. The van der Waals surface area contributed by atoms with E-state index >= 15 is 0 Å². The summed E-state index contributed by atoms with van der Waals surface area (Å²) in [5, 5.41) is 7.82. The first-order valence-corrected chi connectivity index (χ1v) is 6.85. The summed E-state index contributed by atoms with van der Waals surface area (Å²) in [6, 6.07) is 0. The highest BCUT2D eigenvalue weighted by Crippen LogP contribution is 2.20. The Kier molecular flexibility index (Phi) is 3.49. The zero-order chi connectivity index (χ0) is 13.9. The molecule has 0 amide bonds. The third-order valence-corrected chi connectivity index (χ3v) is 3.83. The molecule has 0 aliphatic carbocycles. The van der Waals surface area contributed by atoms with Crippen LogP contribution in [0.2, 0.25) is 0 Å². The summed E-state index contributed by atoms with van der Waals surface area (Å²) in [5.41, 5.74) is -0.0257. The Labute approximate surface area is 116 Å². The lowest BCUT2D eigenvalue weighted by Gasteiger charge is -2.32. The van der Waals surface area contributed by atoms with E-state index in [0.29, 0.717) is 11.7 Å². The van der Waals surface area contributed by atoms with Gasteiger partial charge in [0.15, 0.2) is 5.82 Å². The van der Waals surface area contributed by atoms with Gasteiger partial charge in [0, 0.05) is 45.3 Å². The molecule has 0 unspecified atom stereocenters. The van der Waals surface area contributed by atoms with Gasteiger partial charge in [-0.2, -0.15) is 0 Å². The first kappa shape index (κ1) is 12.8. The summed E-state index contributed by atoms with van der Waals surface area (Å²) in [7, 11) is 1.75. The third kappa shape index (κ3) is 2.56. The van der Waals surface area contributed by atoms with Crippen molar-refractivity contribution in [2.24, 2.45) is 13.0 Å². The quantitative estimate of drug-likeness (QED) is 0.804. The second-order valence-electron chi connectivity index (χ2n) is 5.22. The van der Waals surface area contributed by atoms with Crippen molar-refractivity contribution in [2.45, 2.75) is 19.4 Å². The van der Waals surface area contributed by atoms with E-state index in [1.54, 1.807) is 30.2 Å². The number of piperidine rings is 1. The highest BCUT2D eigenvalue weighted by molar-refractivity contribution is 5.35. The molecular formula is C13H18N6O. The lowest BCUT2D eigenvalue weighted by atomic mass is 9.97. The van der Waals surface area contributed by atoms with Gasteiger partial charge < -0.3 is 9.47 Å². The molecule has 0 spiro atoms. The predicted molar refractivity (Wildman–Crippen MR) is 74.4 cm³/mol. The largest absolute Gasteiger partial charge is 0.352 e. The smallest absolute Gasteiger partial charge is 0.293 e. The highest BCUT2D eigenvalue weighted by atomic mass is 16.1. The van der Waals surface area contributed by atoms with Crippen LogP contribution in [0.3, 0.4) is 0 Å². The van der Waals surface area contributed by atoms with Crippen molar-refractivity contribution in [1.29, 1.82) is 0 Å². The molecule has 3 rings (SSSR count). The molecule has 1 saturated heterocycles. The van der Waals surface area contributed by atoms with Crippen molar-refractivity contribution in [3.63, 3.8) is 0 Å². The monoisotopic (exact) mass is 274 g/mol. The van der Waals surface area contributed by atoms with Crippen LogP contribution in [0.25, 0.3) is 0 Å². The van der Waals surface area contributed by atoms with Crippen LogP contribution in [-0.2, 0) is 13.6 Å². The van der Waals surface area contributed by atoms with Gasteiger partial charge >= 0.3 is 0 Å². The molecule has 106 valence electrons. The zero-order valence-electron chi connectivity index (χ0n) is 11.5. The Balaban J connectivity index is 1.64. The van der Waals surface area contributed by atoms with Crippen LogP contribution in [-0.4, -0.2) is 37.6 Å². The Hall–Kier alpha value is -2.18. The molecule has 0 radical (unpaired) electrons. The molecule has 7 nitrogen and oxygen atoms in total. The van der Waals surface area contributed by atoms with E-state index < -0.39 is 0 Å². The van der Waals surface area contributed by atoms with E-state index in [-0.39, 0.29) is 5.56 Å². The first-order chi connectivity index (χ1) is 9.74. The Morgan fingerprint density at radius 2 is 2.05 bits per heavy atom. The summed E-state index contributed by atoms with van der Waals surface area (Å²) < 4.78 is 3.45. The van der Waals surface area contributed by atoms with Crippen molar-refractivity contribution in [3.05, 3.63) is 35.1 Å². The molecule has 0 N–H and O–H groups in total. The SMILES string of the molecule is Cn1ccnc(N2CCC(Cn3ccnn3)CC2)c1=O.